The number of likely N-dealkylation sites (N-methyl/N-ethyl adjacent to an activating group) is 2. The molecule has 0 aliphatic carbocycles. The number of primary amides is 1. The van der Waals surface area contributed by atoms with Crippen molar-refractivity contribution < 1.29 is 14.4 Å². The highest BCUT2D eigenvalue weighted by molar-refractivity contribution is 5.89. The van der Waals surface area contributed by atoms with Gasteiger partial charge in [0.1, 0.15) is 6.04 Å². The molecule has 122 valence electrons. The third-order valence-corrected chi connectivity index (χ3v) is 3.27. The van der Waals surface area contributed by atoms with E-state index in [1.165, 1.54) is 9.80 Å². The maximum absolute atomic E-state index is 12.2. The Hall–Kier alpha value is -1.59. The lowest BCUT2D eigenvalue weighted by molar-refractivity contribution is -0.142. The summed E-state index contributed by atoms with van der Waals surface area (Å²) < 4.78 is 0. The van der Waals surface area contributed by atoms with Crippen molar-refractivity contribution in [3.05, 3.63) is 0 Å². The van der Waals surface area contributed by atoms with Crippen molar-refractivity contribution in [2.75, 3.05) is 20.6 Å². The van der Waals surface area contributed by atoms with E-state index < -0.39 is 11.9 Å². The number of hydrogen-bond acceptors (Lipinski definition) is 3. The SMILES string of the molecule is CC(C)CC(=O)N(C)CC(=O)N(C)[C@@H](CC(C)C)C(N)=O. The van der Waals surface area contributed by atoms with Crippen LogP contribution in [0.4, 0.5) is 0 Å². The van der Waals surface area contributed by atoms with E-state index in [-0.39, 0.29) is 30.2 Å². The van der Waals surface area contributed by atoms with Crippen molar-refractivity contribution in [2.45, 2.75) is 46.6 Å². The second-order valence-corrected chi connectivity index (χ2v) is 6.40. The summed E-state index contributed by atoms with van der Waals surface area (Å²) in [6.07, 6.45) is 0.917. The lowest BCUT2D eigenvalue weighted by Gasteiger charge is -2.29. The van der Waals surface area contributed by atoms with Crippen LogP contribution in [0.5, 0.6) is 0 Å². The summed E-state index contributed by atoms with van der Waals surface area (Å²) in [4.78, 5) is 38.3. The van der Waals surface area contributed by atoms with Crippen LogP contribution in [0.2, 0.25) is 0 Å². The maximum Gasteiger partial charge on any atom is 0.242 e. The topological polar surface area (TPSA) is 83.7 Å². The highest BCUT2D eigenvalue weighted by Crippen LogP contribution is 2.11. The molecule has 0 aromatic heterocycles. The summed E-state index contributed by atoms with van der Waals surface area (Å²) in [7, 11) is 3.15. The fourth-order valence-electron chi connectivity index (χ4n) is 1.99. The van der Waals surface area contributed by atoms with E-state index in [4.69, 9.17) is 5.73 Å². The van der Waals surface area contributed by atoms with Crippen LogP contribution in [0.3, 0.4) is 0 Å². The van der Waals surface area contributed by atoms with Gasteiger partial charge in [-0.15, -0.1) is 0 Å². The van der Waals surface area contributed by atoms with Gasteiger partial charge in [0, 0.05) is 20.5 Å². The summed E-state index contributed by atoms with van der Waals surface area (Å²) in [5, 5.41) is 0. The lowest BCUT2D eigenvalue weighted by atomic mass is 10.0. The number of amides is 3. The number of nitrogens with two attached hydrogens (primary N) is 1. The number of rotatable bonds is 8. The van der Waals surface area contributed by atoms with E-state index in [0.717, 1.165) is 0 Å². The molecule has 0 saturated heterocycles. The number of nitrogens with zero attached hydrogens (tertiary/aromatic N) is 2. The molecule has 1 atom stereocenters. The second kappa shape index (κ2) is 8.64. The van der Waals surface area contributed by atoms with Crippen molar-refractivity contribution in [3.8, 4) is 0 Å². The molecule has 0 unspecified atom stereocenters. The molecule has 0 saturated carbocycles. The molecule has 0 rings (SSSR count). The van der Waals surface area contributed by atoms with Gasteiger partial charge in [-0.05, 0) is 18.3 Å². The molecular weight excluding hydrogens is 270 g/mol. The van der Waals surface area contributed by atoms with Crippen LogP contribution in [0.15, 0.2) is 0 Å². The zero-order valence-corrected chi connectivity index (χ0v) is 14.0. The van der Waals surface area contributed by atoms with Crippen LogP contribution in [0, 0.1) is 11.8 Å². The first-order chi connectivity index (χ1) is 9.56. The monoisotopic (exact) mass is 299 g/mol. The highest BCUT2D eigenvalue weighted by atomic mass is 16.2. The fraction of sp³-hybridized carbons (Fsp3) is 0.800. The predicted octanol–water partition coefficient (Wildman–Crippen LogP) is 0.849. The molecule has 3 amide bonds. The first-order valence-electron chi connectivity index (χ1n) is 7.35. The molecule has 0 aromatic carbocycles. The van der Waals surface area contributed by atoms with Crippen LogP contribution in [0.1, 0.15) is 40.5 Å². The molecule has 6 nitrogen and oxygen atoms in total. The standard InChI is InChI=1S/C15H29N3O3/c1-10(2)7-12(15(16)21)18(6)14(20)9-17(5)13(19)8-11(3)4/h10-12H,7-9H2,1-6H3,(H2,16,21)/t12-/m0/s1. The molecule has 0 bridgehead atoms. The molecule has 0 aromatic rings. The molecule has 0 aliphatic heterocycles. The smallest absolute Gasteiger partial charge is 0.242 e. The zero-order chi connectivity index (χ0) is 16.7. The van der Waals surface area contributed by atoms with Crippen LogP contribution in [-0.4, -0.2) is 54.2 Å². The summed E-state index contributed by atoms with van der Waals surface area (Å²) >= 11 is 0. The molecule has 0 spiro atoms. The lowest BCUT2D eigenvalue weighted by Crippen LogP contribution is -2.49. The summed E-state index contributed by atoms with van der Waals surface area (Å²) in [5.41, 5.74) is 5.37. The number of carbonyl (C=O) groups excluding carboxylic acids is 3. The van der Waals surface area contributed by atoms with Gasteiger partial charge in [0.15, 0.2) is 0 Å². The summed E-state index contributed by atoms with van der Waals surface area (Å²) in [6.45, 7) is 7.79. The van der Waals surface area contributed by atoms with Crippen LogP contribution in [-0.2, 0) is 14.4 Å². The van der Waals surface area contributed by atoms with Gasteiger partial charge in [0.25, 0.3) is 0 Å². The normalized spacial score (nSPS) is 12.4. The molecule has 0 heterocycles. The first kappa shape index (κ1) is 19.4. The van der Waals surface area contributed by atoms with E-state index in [1.54, 1.807) is 14.1 Å². The van der Waals surface area contributed by atoms with Crippen molar-refractivity contribution in [1.82, 2.24) is 9.80 Å². The molecular formula is C15H29N3O3. The van der Waals surface area contributed by atoms with E-state index in [9.17, 15) is 14.4 Å². The Labute approximate surface area is 127 Å². The van der Waals surface area contributed by atoms with Gasteiger partial charge >= 0.3 is 0 Å². The third-order valence-electron chi connectivity index (χ3n) is 3.27. The average molecular weight is 299 g/mol. The van der Waals surface area contributed by atoms with E-state index >= 15 is 0 Å². The van der Waals surface area contributed by atoms with Gasteiger partial charge in [-0.2, -0.15) is 0 Å². The van der Waals surface area contributed by atoms with Gasteiger partial charge in [-0.25, -0.2) is 0 Å². The van der Waals surface area contributed by atoms with Gasteiger partial charge in [0.2, 0.25) is 17.7 Å². The average Bonchev–Trinajstić information content (AvgIpc) is 2.33. The minimum absolute atomic E-state index is 0.0378. The Kier molecular flexibility index (Phi) is 7.99. The van der Waals surface area contributed by atoms with E-state index in [1.807, 2.05) is 27.7 Å². The number of hydrogen-bond donors (Lipinski definition) is 1. The highest BCUT2D eigenvalue weighted by Gasteiger charge is 2.27. The van der Waals surface area contributed by atoms with Crippen LogP contribution >= 0.6 is 0 Å². The molecule has 21 heavy (non-hydrogen) atoms. The van der Waals surface area contributed by atoms with Crippen molar-refractivity contribution in [2.24, 2.45) is 17.6 Å². The summed E-state index contributed by atoms with van der Waals surface area (Å²) in [5.74, 6) is -0.383. The molecule has 0 radical (unpaired) electrons. The minimum Gasteiger partial charge on any atom is -0.368 e. The van der Waals surface area contributed by atoms with Gasteiger partial charge in [0.05, 0.1) is 6.54 Å². The maximum atomic E-state index is 12.2. The Bertz CT molecular complexity index is 380. The minimum atomic E-state index is -0.633. The van der Waals surface area contributed by atoms with Crippen LogP contribution in [0.25, 0.3) is 0 Å². The molecule has 2 N–H and O–H groups in total. The van der Waals surface area contributed by atoms with Crippen LogP contribution < -0.4 is 5.73 Å². The van der Waals surface area contributed by atoms with Crippen molar-refractivity contribution >= 4 is 17.7 Å². The molecule has 6 heteroatoms. The van der Waals surface area contributed by atoms with Gasteiger partial charge in [-0.1, -0.05) is 27.7 Å². The Morgan fingerprint density at radius 2 is 1.48 bits per heavy atom. The molecule has 0 aliphatic rings. The van der Waals surface area contributed by atoms with E-state index in [0.29, 0.717) is 12.8 Å². The number of carbonyl (C=O) groups is 3. The largest absolute Gasteiger partial charge is 0.368 e. The van der Waals surface area contributed by atoms with E-state index in [2.05, 4.69) is 0 Å². The quantitative estimate of drug-likeness (QED) is 0.721. The fourth-order valence-corrected chi connectivity index (χ4v) is 1.99. The van der Waals surface area contributed by atoms with Crippen molar-refractivity contribution in [3.63, 3.8) is 0 Å². The Morgan fingerprint density at radius 1 is 0.952 bits per heavy atom. The summed E-state index contributed by atoms with van der Waals surface area (Å²) in [6, 6.07) is -0.633. The predicted molar refractivity (Wildman–Crippen MR) is 82.3 cm³/mol. The Morgan fingerprint density at radius 3 is 1.86 bits per heavy atom. The second-order valence-electron chi connectivity index (χ2n) is 6.40. The molecule has 0 fully saturated rings. The third kappa shape index (κ3) is 7.11. The van der Waals surface area contributed by atoms with Gasteiger partial charge in [-0.3, -0.25) is 14.4 Å². The van der Waals surface area contributed by atoms with Gasteiger partial charge < -0.3 is 15.5 Å². The first-order valence-corrected chi connectivity index (χ1v) is 7.35. The zero-order valence-electron chi connectivity index (χ0n) is 14.0. The Balaban J connectivity index is 4.68. The van der Waals surface area contributed by atoms with Crippen molar-refractivity contribution in [1.29, 1.82) is 0 Å².